The van der Waals surface area contributed by atoms with Crippen LogP contribution in [0.2, 0.25) is 0 Å². The van der Waals surface area contributed by atoms with Crippen LogP contribution in [-0.2, 0) is 0 Å². The Hall–Kier alpha value is -3.42. The molecule has 0 aliphatic carbocycles. The standard InChI is InChI=1S/C19H21N7O/c1-3-15(4-2)26-13-21-17(23-26)19(27)22-14-7-10-25(12-14)18-16-6-5-9-24(16)11-8-20-18/h3-6,8-9,11,13-14H,1,7,10,12H2,2H3,(H,22,27). The summed E-state index contributed by atoms with van der Waals surface area (Å²) >= 11 is 0. The summed E-state index contributed by atoms with van der Waals surface area (Å²) in [4.78, 5) is 23.3. The highest BCUT2D eigenvalue weighted by molar-refractivity contribution is 5.90. The van der Waals surface area contributed by atoms with E-state index in [-0.39, 0.29) is 17.8 Å². The van der Waals surface area contributed by atoms with Crippen LogP contribution in [0.5, 0.6) is 0 Å². The molecular weight excluding hydrogens is 342 g/mol. The van der Waals surface area contributed by atoms with Crippen molar-refractivity contribution in [1.29, 1.82) is 0 Å². The van der Waals surface area contributed by atoms with E-state index in [4.69, 9.17) is 0 Å². The smallest absolute Gasteiger partial charge is 0.291 e. The summed E-state index contributed by atoms with van der Waals surface area (Å²) in [6.07, 6.45) is 11.6. The van der Waals surface area contributed by atoms with E-state index in [1.165, 1.54) is 6.33 Å². The topological polar surface area (TPSA) is 80.4 Å². The molecule has 0 radical (unpaired) electrons. The summed E-state index contributed by atoms with van der Waals surface area (Å²) in [7, 11) is 0. The quantitative estimate of drug-likeness (QED) is 0.701. The lowest BCUT2D eigenvalue weighted by Gasteiger charge is -2.18. The third-order valence-corrected chi connectivity index (χ3v) is 4.72. The molecule has 1 aliphatic heterocycles. The lowest BCUT2D eigenvalue weighted by Crippen LogP contribution is -2.37. The molecule has 0 spiro atoms. The van der Waals surface area contributed by atoms with Gasteiger partial charge in [-0.1, -0.05) is 12.7 Å². The highest BCUT2D eigenvalue weighted by atomic mass is 16.2. The van der Waals surface area contributed by atoms with Crippen molar-refractivity contribution in [2.45, 2.75) is 19.4 Å². The Morgan fingerprint density at radius 2 is 2.26 bits per heavy atom. The van der Waals surface area contributed by atoms with E-state index in [9.17, 15) is 4.79 Å². The Morgan fingerprint density at radius 3 is 3.07 bits per heavy atom. The normalized spacial score (nSPS) is 17.4. The Bertz CT molecular complexity index is 1020. The predicted octanol–water partition coefficient (Wildman–Crippen LogP) is 1.98. The number of amides is 1. The van der Waals surface area contributed by atoms with Gasteiger partial charge in [-0.2, -0.15) is 0 Å². The molecule has 1 amide bonds. The molecule has 1 atom stereocenters. The number of nitrogens with zero attached hydrogens (tertiary/aromatic N) is 6. The molecule has 0 aromatic carbocycles. The summed E-state index contributed by atoms with van der Waals surface area (Å²) in [5, 5.41) is 7.26. The molecular formula is C19H21N7O. The number of carbonyl (C=O) groups excluding carboxylic acids is 1. The van der Waals surface area contributed by atoms with E-state index >= 15 is 0 Å². The number of fused-ring (bicyclic) bond motifs is 1. The van der Waals surface area contributed by atoms with Crippen LogP contribution in [0.15, 0.2) is 55.8 Å². The second kappa shape index (κ2) is 7.06. The van der Waals surface area contributed by atoms with Gasteiger partial charge in [0.05, 0.1) is 11.2 Å². The zero-order valence-corrected chi connectivity index (χ0v) is 15.1. The van der Waals surface area contributed by atoms with Crippen molar-refractivity contribution in [3.05, 3.63) is 61.6 Å². The van der Waals surface area contributed by atoms with E-state index in [2.05, 4.69) is 31.9 Å². The SMILES string of the molecule is C=CC(=CC)n1cnc(C(=O)NC2CCN(c3nccn4cccc34)C2)n1. The summed E-state index contributed by atoms with van der Waals surface area (Å²) in [6.45, 7) is 7.15. The van der Waals surface area contributed by atoms with Gasteiger partial charge in [-0.05, 0) is 31.6 Å². The van der Waals surface area contributed by atoms with Gasteiger partial charge in [0.2, 0.25) is 5.82 Å². The first-order valence-corrected chi connectivity index (χ1v) is 8.88. The van der Waals surface area contributed by atoms with Crippen molar-refractivity contribution in [2.24, 2.45) is 0 Å². The molecule has 138 valence electrons. The zero-order valence-electron chi connectivity index (χ0n) is 15.1. The van der Waals surface area contributed by atoms with Gasteiger partial charge in [0.1, 0.15) is 6.33 Å². The highest BCUT2D eigenvalue weighted by Gasteiger charge is 2.27. The van der Waals surface area contributed by atoms with Crippen molar-refractivity contribution in [3.8, 4) is 0 Å². The highest BCUT2D eigenvalue weighted by Crippen LogP contribution is 2.23. The van der Waals surface area contributed by atoms with Gasteiger partial charge in [-0.25, -0.2) is 14.6 Å². The van der Waals surface area contributed by atoms with E-state index in [0.717, 1.165) is 30.0 Å². The Labute approximate surface area is 156 Å². The van der Waals surface area contributed by atoms with Gasteiger partial charge in [0, 0.05) is 37.7 Å². The molecule has 8 nitrogen and oxygen atoms in total. The van der Waals surface area contributed by atoms with Crippen molar-refractivity contribution in [3.63, 3.8) is 0 Å². The number of allylic oxidation sites excluding steroid dienone is 3. The van der Waals surface area contributed by atoms with Gasteiger partial charge in [0.25, 0.3) is 5.91 Å². The molecule has 8 heteroatoms. The zero-order chi connectivity index (χ0) is 18.8. The van der Waals surface area contributed by atoms with Crippen LogP contribution >= 0.6 is 0 Å². The van der Waals surface area contributed by atoms with Gasteiger partial charge in [-0.3, -0.25) is 4.79 Å². The fourth-order valence-electron chi connectivity index (χ4n) is 3.35. The van der Waals surface area contributed by atoms with E-state index in [1.54, 1.807) is 17.0 Å². The predicted molar refractivity (Wildman–Crippen MR) is 103 cm³/mol. The second-order valence-corrected chi connectivity index (χ2v) is 6.39. The molecule has 1 fully saturated rings. The first kappa shape index (κ1) is 17.0. The fourth-order valence-corrected chi connectivity index (χ4v) is 3.35. The Kier molecular flexibility index (Phi) is 4.45. The van der Waals surface area contributed by atoms with Gasteiger partial charge >= 0.3 is 0 Å². The number of hydrogen-bond acceptors (Lipinski definition) is 5. The Morgan fingerprint density at radius 1 is 1.37 bits per heavy atom. The largest absolute Gasteiger partial charge is 0.353 e. The number of aromatic nitrogens is 5. The molecule has 0 saturated carbocycles. The summed E-state index contributed by atoms with van der Waals surface area (Å²) in [5.74, 6) is 0.820. The van der Waals surface area contributed by atoms with Gasteiger partial charge < -0.3 is 14.6 Å². The van der Waals surface area contributed by atoms with E-state index in [0.29, 0.717) is 6.54 Å². The summed E-state index contributed by atoms with van der Waals surface area (Å²) in [5.41, 5.74) is 1.84. The van der Waals surface area contributed by atoms with Crippen molar-refractivity contribution < 1.29 is 4.79 Å². The monoisotopic (exact) mass is 363 g/mol. The minimum atomic E-state index is -0.269. The lowest BCUT2D eigenvalue weighted by molar-refractivity contribution is 0.0930. The number of anilines is 1. The number of nitrogens with one attached hydrogen (secondary N) is 1. The molecule has 3 aromatic heterocycles. The van der Waals surface area contributed by atoms with Crippen LogP contribution < -0.4 is 10.2 Å². The molecule has 3 aromatic rings. The second-order valence-electron chi connectivity index (χ2n) is 6.39. The van der Waals surface area contributed by atoms with E-state index in [1.807, 2.05) is 41.9 Å². The lowest BCUT2D eigenvalue weighted by atomic mass is 10.2. The molecule has 4 rings (SSSR count). The van der Waals surface area contributed by atoms with Crippen molar-refractivity contribution in [2.75, 3.05) is 18.0 Å². The maximum Gasteiger partial charge on any atom is 0.291 e. The van der Waals surface area contributed by atoms with Gasteiger partial charge in [-0.15, -0.1) is 5.10 Å². The minimum Gasteiger partial charge on any atom is -0.353 e. The average molecular weight is 363 g/mol. The first-order valence-electron chi connectivity index (χ1n) is 8.88. The maximum absolute atomic E-state index is 12.5. The van der Waals surface area contributed by atoms with Crippen molar-refractivity contribution in [1.82, 2.24) is 29.5 Å². The average Bonchev–Trinajstić information content (AvgIpc) is 3.43. The molecule has 1 aliphatic rings. The Balaban J connectivity index is 1.43. The first-order chi connectivity index (χ1) is 13.2. The van der Waals surface area contributed by atoms with Crippen LogP contribution in [0, 0.1) is 0 Å². The summed E-state index contributed by atoms with van der Waals surface area (Å²) in [6, 6.07) is 4.07. The van der Waals surface area contributed by atoms with E-state index < -0.39 is 0 Å². The third kappa shape index (κ3) is 3.21. The molecule has 1 N–H and O–H groups in total. The molecule has 0 bridgehead atoms. The van der Waals surface area contributed by atoms with Crippen LogP contribution in [0.25, 0.3) is 11.2 Å². The molecule has 4 heterocycles. The van der Waals surface area contributed by atoms with Crippen LogP contribution in [0.3, 0.4) is 0 Å². The summed E-state index contributed by atoms with van der Waals surface area (Å²) < 4.78 is 3.59. The maximum atomic E-state index is 12.5. The van der Waals surface area contributed by atoms with Crippen LogP contribution in [0.4, 0.5) is 5.82 Å². The number of rotatable bonds is 5. The molecule has 1 unspecified atom stereocenters. The number of carbonyl (C=O) groups is 1. The molecule has 1 saturated heterocycles. The molecule has 27 heavy (non-hydrogen) atoms. The third-order valence-electron chi connectivity index (χ3n) is 4.72. The van der Waals surface area contributed by atoms with Crippen LogP contribution in [-0.4, -0.2) is 49.2 Å². The van der Waals surface area contributed by atoms with Crippen LogP contribution in [0.1, 0.15) is 24.0 Å². The van der Waals surface area contributed by atoms with Gasteiger partial charge in [0.15, 0.2) is 5.82 Å². The van der Waals surface area contributed by atoms with Crippen molar-refractivity contribution >= 4 is 22.9 Å². The minimum absolute atomic E-state index is 0.0297. The fraction of sp³-hybridized carbons (Fsp3) is 0.263. The number of hydrogen-bond donors (Lipinski definition) is 1.